The van der Waals surface area contributed by atoms with Gasteiger partial charge in [-0.3, -0.25) is 4.79 Å². The minimum atomic E-state index is -0.602. The molecule has 5 heteroatoms. The molecule has 1 atom stereocenters. The van der Waals surface area contributed by atoms with Crippen molar-refractivity contribution in [3.63, 3.8) is 0 Å². The maximum absolute atomic E-state index is 11.8. The lowest BCUT2D eigenvalue weighted by Gasteiger charge is -2.37. The molecule has 5 nitrogen and oxygen atoms in total. The monoisotopic (exact) mass is 252 g/mol. The minimum absolute atomic E-state index is 0.0886. The van der Waals surface area contributed by atoms with Crippen molar-refractivity contribution < 1.29 is 14.3 Å². The molecule has 0 aliphatic heterocycles. The van der Waals surface area contributed by atoms with Crippen LogP contribution in [0.1, 0.15) is 31.9 Å². The third-order valence-electron chi connectivity index (χ3n) is 3.43. The summed E-state index contributed by atoms with van der Waals surface area (Å²) in [6.07, 6.45) is 4.29. The molecule has 1 aromatic rings. The van der Waals surface area contributed by atoms with Gasteiger partial charge in [0.25, 0.3) is 0 Å². The molecule has 100 valence electrons. The van der Waals surface area contributed by atoms with E-state index in [0.717, 1.165) is 25.0 Å². The van der Waals surface area contributed by atoms with E-state index in [1.165, 1.54) is 0 Å². The zero-order valence-electron chi connectivity index (χ0n) is 10.6. The Balaban J connectivity index is 1.68. The lowest BCUT2D eigenvalue weighted by molar-refractivity contribution is -0.123. The molecule has 1 heterocycles. The van der Waals surface area contributed by atoms with E-state index >= 15 is 0 Å². The third-order valence-corrected chi connectivity index (χ3v) is 3.43. The van der Waals surface area contributed by atoms with E-state index in [1.54, 1.807) is 19.3 Å². The Hall–Kier alpha value is -1.33. The van der Waals surface area contributed by atoms with Crippen molar-refractivity contribution in [2.45, 2.75) is 44.4 Å². The molecule has 1 unspecified atom stereocenters. The van der Waals surface area contributed by atoms with Crippen molar-refractivity contribution in [2.75, 3.05) is 6.54 Å². The normalized spacial score (nSPS) is 19.0. The minimum Gasteiger partial charge on any atom is -0.467 e. The zero-order valence-corrected chi connectivity index (χ0v) is 10.6. The van der Waals surface area contributed by atoms with Crippen LogP contribution < -0.4 is 10.6 Å². The summed E-state index contributed by atoms with van der Waals surface area (Å²) >= 11 is 0. The Morgan fingerprint density at radius 2 is 2.39 bits per heavy atom. The highest BCUT2D eigenvalue weighted by Gasteiger charge is 2.34. The van der Waals surface area contributed by atoms with Crippen LogP contribution in [0.15, 0.2) is 22.8 Å². The van der Waals surface area contributed by atoms with Crippen molar-refractivity contribution in [3.8, 4) is 0 Å². The largest absolute Gasteiger partial charge is 0.467 e. The van der Waals surface area contributed by atoms with Crippen LogP contribution in [0.2, 0.25) is 0 Å². The highest BCUT2D eigenvalue weighted by Crippen LogP contribution is 2.30. The SMILES string of the molecule is CC(NCC1(O)CCC1)C(=O)NCc1ccco1. The van der Waals surface area contributed by atoms with Crippen LogP contribution in [-0.4, -0.2) is 29.2 Å². The second-order valence-corrected chi connectivity index (χ2v) is 4.98. The number of carbonyl (C=O) groups is 1. The van der Waals surface area contributed by atoms with Gasteiger partial charge in [0, 0.05) is 6.54 Å². The molecule has 0 radical (unpaired) electrons. The summed E-state index contributed by atoms with van der Waals surface area (Å²) in [4.78, 5) is 11.8. The van der Waals surface area contributed by atoms with Gasteiger partial charge in [-0.1, -0.05) is 0 Å². The lowest BCUT2D eigenvalue weighted by atomic mass is 9.80. The maximum atomic E-state index is 11.8. The Bertz CT molecular complexity index is 385. The van der Waals surface area contributed by atoms with E-state index in [2.05, 4.69) is 10.6 Å². The van der Waals surface area contributed by atoms with Gasteiger partial charge in [0.2, 0.25) is 5.91 Å². The molecule has 1 amide bonds. The molecule has 2 rings (SSSR count). The summed E-state index contributed by atoms with van der Waals surface area (Å²) in [6, 6.07) is 3.29. The van der Waals surface area contributed by atoms with E-state index in [1.807, 2.05) is 6.07 Å². The van der Waals surface area contributed by atoms with Crippen molar-refractivity contribution in [1.29, 1.82) is 0 Å². The number of rotatable bonds is 6. The number of hydrogen-bond acceptors (Lipinski definition) is 4. The van der Waals surface area contributed by atoms with Gasteiger partial charge in [-0.15, -0.1) is 0 Å². The molecular formula is C13H20N2O3. The fourth-order valence-corrected chi connectivity index (χ4v) is 1.94. The molecule has 1 aliphatic rings. The first-order valence-electron chi connectivity index (χ1n) is 6.35. The van der Waals surface area contributed by atoms with Crippen molar-refractivity contribution in [3.05, 3.63) is 24.2 Å². The number of furan rings is 1. The zero-order chi connectivity index (χ0) is 13.0. The Morgan fingerprint density at radius 1 is 1.61 bits per heavy atom. The molecule has 1 saturated carbocycles. The highest BCUT2D eigenvalue weighted by atomic mass is 16.3. The van der Waals surface area contributed by atoms with Crippen LogP contribution in [0.3, 0.4) is 0 Å². The predicted molar refractivity (Wildman–Crippen MR) is 66.8 cm³/mol. The fourth-order valence-electron chi connectivity index (χ4n) is 1.94. The summed E-state index contributed by atoms with van der Waals surface area (Å²) < 4.78 is 5.13. The summed E-state index contributed by atoms with van der Waals surface area (Å²) in [7, 11) is 0. The maximum Gasteiger partial charge on any atom is 0.237 e. The fraction of sp³-hybridized carbons (Fsp3) is 0.615. The first kappa shape index (κ1) is 13.1. The summed E-state index contributed by atoms with van der Waals surface area (Å²) in [6.45, 7) is 2.66. The van der Waals surface area contributed by atoms with Gasteiger partial charge >= 0.3 is 0 Å². The Morgan fingerprint density at radius 3 is 2.94 bits per heavy atom. The molecule has 0 aromatic carbocycles. The molecule has 3 N–H and O–H groups in total. The average molecular weight is 252 g/mol. The number of nitrogens with one attached hydrogen (secondary N) is 2. The second-order valence-electron chi connectivity index (χ2n) is 4.98. The standard InChI is InChI=1S/C13H20N2O3/c1-10(15-9-13(17)5-3-6-13)12(16)14-8-11-4-2-7-18-11/h2,4,7,10,15,17H,3,5-6,8-9H2,1H3,(H,14,16). The van der Waals surface area contributed by atoms with Gasteiger partial charge in [-0.05, 0) is 38.3 Å². The smallest absolute Gasteiger partial charge is 0.237 e. The van der Waals surface area contributed by atoms with Crippen molar-refractivity contribution in [1.82, 2.24) is 10.6 Å². The number of aliphatic hydroxyl groups is 1. The summed E-state index contributed by atoms with van der Waals surface area (Å²) in [5, 5.41) is 15.8. The van der Waals surface area contributed by atoms with Crippen LogP contribution in [0.25, 0.3) is 0 Å². The third kappa shape index (κ3) is 3.34. The summed E-state index contributed by atoms with van der Waals surface area (Å²) in [5.41, 5.74) is -0.602. The van der Waals surface area contributed by atoms with Crippen molar-refractivity contribution in [2.24, 2.45) is 0 Å². The molecule has 0 saturated heterocycles. The van der Waals surface area contributed by atoms with Gasteiger partial charge in [-0.2, -0.15) is 0 Å². The highest BCUT2D eigenvalue weighted by molar-refractivity contribution is 5.81. The second kappa shape index (κ2) is 5.54. The quantitative estimate of drug-likeness (QED) is 0.699. The topological polar surface area (TPSA) is 74.5 Å². The van der Waals surface area contributed by atoms with Gasteiger partial charge in [0.05, 0.1) is 24.5 Å². The van der Waals surface area contributed by atoms with Gasteiger partial charge in [0.1, 0.15) is 5.76 Å². The first-order valence-corrected chi connectivity index (χ1v) is 6.35. The van der Waals surface area contributed by atoms with E-state index in [-0.39, 0.29) is 11.9 Å². The summed E-state index contributed by atoms with van der Waals surface area (Å²) in [5.74, 6) is 0.641. The van der Waals surface area contributed by atoms with Crippen LogP contribution in [0.5, 0.6) is 0 Å². The van der Waals surface area contributed by atoms with Gasteiger partial charge in [0.15, 0.2) is 0 Å². The number of carbonyl (C=O) groups excluding carboxylic acids is 1. The molecular weight excluding hydrogens is 232 g/mol. The first-order chi connectivity index (χ1) is 8.59. The van der Waals surface area contributed by atoms with E-state index in [9.17, 15) is 9.90 Å². The molecule has 1 aromatic heterocycles. The average Bonchev–Trinajstić information content (AvgIpc) is 2.83. The Labute approximate surface area is 107 Å². The van der Waals surface area contributed by atoms with Gasteiger partial charge < -0.3 is 20.2 Å². The molecule has 1 fully saturated rings. The van der Waals surface area contributed by atoms with Crippen LogP contribution in [0.4, 0.5) is 0 Å². The van der Waals surface area contributed by atoms with Crippen LogP contribution in [-0.2, 0) is 11.3 Å². The van der Waals surface area contributed by atoms with Crippen LogP contribution >= 0.6 is 0 Å². The predicted octanol–water partition coefficient (Wildman–Crippen LogP) is 0.789. The van der Waals surface area contributed by atoms with Crippen LogP contribution in [0, 0.1) is 0 Å². The van der Waals surface area contributed by atoms with E-state index in [4.69, 9.17) is 4.42 Å². The molecule has 18 heavy (non-hydrogen) atoms. The molecule has 1 aliphatic carbocycles. The van der Waals surface area contributed by atoms with E-state index < -0.39 is 5.60 Å². The number of hydrogen-bond donors (Lipinski definition) is 3. The lowest BCUT2D eigenvalue weighted by Crippen LogP contribution is -2.51. The van der Waals surface area contributed by atoms with Gasteiger partial charge in [-0.25, -0.2) is 0 Å². The number of amides is 1. The Kier molecular flexibility index (Phi) is 4.04. The van der Waals surface area contributed by atoms with Crippen molar-refractivity contribution >= 4 is 5.91 Å². The molecule has 0 bridgehead atoms. The van der Waals surface area contributed by atoms with E-state index in [0.29, 0.717) is 13.1 Å². The molecule has 0 spiro atoms.